The number of carbonyl (C=O) groups is 3. The minimum absolute atomic E-state index is 0.0183. The first-order valence-electron chi connectivity index (χ1n) is 12.4. The Morgan fingerprint density at radius 1 is 1.06 bits per heavy atom. The lowest BCUT2D eigenvalue weighted by atomic mass is 9.90. The van der Waals surface area contributed by atoms with Crippen LogP contribution in [-0.4, -0.2) is 54.2 Å². The van der Waals surface area contributed by atoms with Crippen LogP contribution in [0.2, 0.25) is 0 Å². The van der Waals surface area contributed by atoms with Crippen LogP contribution in [0.15, 0.2) is 48.5 Å². The van der Waals surface area contributed by atoms with Gasteiger partial charge >= 0.3 is 12.1 Å². The number of piperidine rings is 1. The number of carboxylic acid groups (broad SMARTS) is 1. The molecule has 7 nitrogen and oxygen atoms in total. The number of hydrogen-bond acceptors (Lipinski definition) is 4. The van der Waals surface area contributed by atoms with Gasteiger partial charge in [0.25, 0.3) is 0 Å². The first-order chi connectivity index (χ1) is 16.8. The topological polar surface area (TPSA) is 95.9 Å². The van der Waals surface area contributed by atoms with Crippen LogP contribution in [0.1, 0.15) is 50.2 Å². The van der Waals surface area contributed by atoms with E-state index in [9.17, 15) is 14.4 Å². The Bertz CT molecular complexity index is 1040. The van der Waals surface area contributed by atoms with Crippen molar-refractivity contribution in [2.45, 2.75) is 39.0 Å². The fourth-order valence-corrected chi connectivity index (χ4v) is 5.36. The standard InChI is InChI=1S/C28H34N2O5/c1-18(2)24(27(33)30-13-7-8-19(16-30)14-26(31)32)15-29-28(34)35-17-25-22-11-5-3-9-20(22)21-10-4-6-12-23(21)25/h3-6,9-12,18-19,24-25H,7-8,13-17H2,1-2H3,(H,29,34)(H,31,32). The van der Waals surface area contributed by atoms with Gasteiger partial charge in [-0.1, -0.05) is 62.4 Å². The lowest BCUT2D eigenvalue weighted by Gasteiger charge is -2.35. The second-order valence-corrected chi connectivity index (χ2v) is 9.95. The Morgan fingerprint density at radius 3 is 2.29 bits per heavy atom. The number of benzene rings is 2. The summed E-state index contributed by atoms with van der Waals surface area (Å²) in [5.41, 5.74) is 4.64. The van der Waals surface area contributed by atoms with E-state index < -0.39 is 12.1 Å². The molecule has 1 aliphatic carbocycles. The third kappa shape index (κ3) is 5.66. The number of rotatable bonds is 8. The molecule has 1 saturated heterocycles. The van der Waals surface area contributed by atoms with E-state index in [0.29, 0.717) is 13.1 Å². The van der Waals surface area contributed by atoms with Crippen LogP contribution in [0.4, 0.5) is 4.79 Å². The molecule has 0 spiro atoms. The maximum Gasteiger partial charge on any atom is 0.407 e. The first-order valence-corrected chi connectivity index (χ1v) is 12.4. The van der Waals surface area contributed by atoms with Gasteiger partial charge in [0.05, 0.1) is 5.92 Å². The van der Waals surface area contributed by atoms with Gasteiger partial charge in [0, 0.05) is 32.0 Å². The molecule has 1 aliphatic heterocycles. The summed E-state index contributed by atoms with van der Waals surface area (Å²) in [6.45, 7) is 5.42. The summed E-state index contributed by atoms with van der Waals surface area (Å²) in [5.74, 6) is -1.27. The van der Waals surface area contributed by atoms with Crippen molar-refractivity contribution in [2.24, 2.45) is 17.8 Å². The molecule has 0 radical (unpaired) electrons. The number of aliphatic carboxylic acids is 1. The average Bonchev–Trinajstić information content (AvgIpc) is 3.16. The summed E-state index contributed by atoms with van der Waals surface area (Å²) in [7, 11) is 0. The minimum atomic E-state index is -0.832. The Balaban J connectivity index is 1.33. The maximum absolute atomic E-state index is 13.2. The van der Waals surface area contributed by atoms with Crippen LogP contribution in [0.25, 0.3) is 11.1 Å². The van der Waals surface area contributed by atoms with Gasteiger partial charge in [-0.15, -0.1) is 0 Å². The summed E-state index contributed by atoms with van der Waals surface area (Å²) in [5, 5.41) is 11.9. The third-order valence-corrected chi connectivity index (χ3v) is 7.23. The molecule has 4 rings (SSSR count). The van der Waals surface area contributed by atoms with E-state index >= 15 is 0 Å². The number of alkyl carbamates (subject to hydrolysis) is 1. The predicted molar refractivity (Wildman–Crippen MR) is 133 cm³/mol. The van der Waals surface area contributed by atoms with Crippen LogP contribution in [-0.2, 0) is 14.3 Å². The van der Waals surface area contributed by atoms with Gasteiger partial charge in [-0.25, -0.2) is 4.79 Å². The van der Waals surface area contributed by atoms with Gasteiger partial charge in [-0.2, -0.15) is 0 Å². The first kappa shape index (κ1) is 24.8. The molecule has 2 unspecified atom stereocenters. The fourth-order valence-electron chi connectivity index (χ4n) is 5.36. The number of fused-ring (bicyclic) bond motifs is 3. The van der Waals surface area contributed by atoms with Crippen LogP contribution in [0.3, 0.4) is 0 Å². The zero-order chi connectivity index (χ0) is 24.9. The van der Waals surface area contributed by atoms with E-state index in [0.717, 1.165) is 24.0 Å². The summed E-state index contributed by atoms with van der Waals surface area (Å²) in [6, 6.07) is 16.4. The lowest BCUT2D eigenvalue weighted by Crippen LogP contribution is -2.47. The van der Waals surface area contributed by atoms with Crippen molar-refractivity contribution in [1.82, 2.24) is 10.2 Å². The molecule has 0 aromatic heterocycles. The van der Waals surface area contributed by atoms with Crippen LogP contribution in [0, 0.1) is 17.8 Å². The molecule has 7 heteroatoms. The molecule has 35 heavy (non-hydrogen) atoms. The smallest absolute Gasteiger partial charge is 0.407 e. The zero-order valence-electron chi connectivity index (χ0n) is 20.4. The number of hydrogen-bond donors (Lipinski definition) is 2. The second-order valence-electron chi connectivity index (χ2n) is 9.95. The summed E-state index contributed by atoms with van der Waals surface area (Å²) < 4.78 is 5.62. The molecule has 2 aromatic rings. The maximum atomic E-state index is 13.2. The monoisotopic (exact) mass is 478 g/mol. The zero-order valence-corrected chi connectivity index (χ0v) is 20.4. The van der Waals surface area contributed by atoms with E-state index in [2.05, 4.69) is 29.6 Å². The summed E-state index contributed by atoms with van der Waals surface area (Å²) >= 11 is 0. The highest BCUT2D eigenvalue weighted by atomic mass is 16.5. The quantitative estimate of drug-likeness (QED) is 0.582. The Morgan fingerprint density at radius 2 is 1.69 bits per heavy atom. The van der Waals surface area contributed by atoms with E-state index in [1.807, 2.05) is 38.1 Å². The molecular weight excluding hydrogens is 444 g/mol. The molecule has 2 aromatic carbocycles. The molecule has 2 aliphatic rings. The normalized spacial score (nSPS) is 18.0. The molecule has 1 fully saturated rings. The lowest BCUT2D eigenvalue weighted by molar-refractivity contribution is -0.142. The van der Waals surface area contributed by atoms with Crippen molar-refractivity contribution in [2.75, 3.05) is 26.2 Å². The van der Waals surface area contributed by atoms with Crippen molar-refractivity contribution in [3.8, 4) is 11.1 Å². The van der Waals surface area contributed by atoms with Crippen molar-refractivity contribution < 1.29 is 24.2 Å². The number of likely N-dealkylation sites (tertiary alicyclic amines) is 1. The molecule has 2 amide bonds. The van der Waals surface area contributed by atoms with E-state index in [-0.39, 0.29) is 49.2 Å². The highest BCUT2D eigenvalue weighted by Crippen LogP contribution is 2.44. The van der Waals surface area contributed by atoms with Crippen LogP contribution in [0.5, 0.6) is 0 Å². The second kappa shape index (κ2) is 10.9. The van der Waals surface area contributed by atoms with Gasteiger partial charge in [0.2, 0.25) is 5.91 Å². The predicted octanol–water partition coefficient (Wildman–Crippen LogP) is 4.51. The molecular formula is C28H34N2O5. The highest BCUT2D eigenvalue weighted by Gasteiger charge is 2.32. The molecule has 2 atom stereocenters. The highest BCUT2D eigenvalue weighted by molar-refractivity contribution is 5.81. The van der Waals surface area contributed by atoms with Crippen molar-refractivity contribution in [3.05, 3.63) is 59.7 Å². The third-order valence-electron chi connectivity index (χ3n) is 7.23. The van der Waals surface area contributed by atoms with Gasteiger partial charge in [-0.3, -0.25) is 9.59 Å². The van der Waals surface area contributed by atoms with Crippen molar-refractivity contribution in [3.63, 3.8) is 0 Å². The van der Waals surface area contributed by atoms with Crippen molar-refractivity contribution in [1.29, 1.82) is 0 Å². The largest absolute Gasteiger partial charge is 0.481 e. The Kier molecular flexibility index (Phi) is 7.73. The molecule has 2 N–H and O–H groups in total. The number of ether oxygens (including phenoxy) is 1. The van der Waals surface area contributed by atoms with Gasteiger partial charge in [0.15, 0.2) is 0 Å². The molecule has 0 saturated carbocycles. The molecule has 0 bridgehead atoms. The molecule has 186 valence electrons. The average molecular weight is 479 g/mol. The van der Waals surface area contributed by atoms with E-state index in [1.54, 1.807) is 4.90 Å². The number of nitrogens with one attached hydrogen (secondary N) is 1. The number of nitrogens with zero attached hydrogens (tertiary/aromatic N) is 1. The van der Waals surface area contributed by atoms with E-state index in [4.69, 9.17) is 9.84 Å². The van der Waals surface area contributed by atoms with Gasteiger partial charge in [0.1, 0.15) is 6.61 Å². The fraction of sp³-hybridized carbons (Fsp3) is 0.464. The summed E-state index contributed by atoms with van der Waals surface area (Å²) in [6.07, 6.45) is 1.16. The van der Waals surface area contributed by atoms with Crippen LogP contribution >= 0.6 is 0 Å². The number of carboxylic acids is 1. The van der Waals surface area contributed by atoms with Gasteiger partial charge in [-0.05, 0) is 46.9 Å². The van der Waals surface area contributed by atoms with Gasteiger partial charge < -0.3 is 20.1 Å². The SMILES string of the molecule is CC(C)C(CNC(=O)OCC1c2ccccc2-c2ccccc21)C(=O)N1CCCC(CC(=O)O)C1. The number of amides is 2. The van der Waals surface area contributed by atoms with Crippen LogP contribution < -0.4 is 5.32 Å². The van der Waals surface area contributed by atoms with Crippen molar-refractivity contribution >= 4 is 18.0 Å². The number of carbonyl (C=O) groups excluding carboxylic acids is 2. The molecule has 1 heterocycles. The Hall–Kier alpha value is -3.35. The van der Waals surface area contributed by atoms with E-state index in [1.165, 1.54) is 11.1 Å². The minimum Gasteiger partial charge on any atom is -0.481 e. The Labute approximate surface area is 206 Å². The summed E-state index contributed by atoms with van der Waals surface area (Å²) in [4.78, 5) is 38.7.